The molecule has 2 aliphatic rings. The van der Waals surface area contributed by atoms with Gasteiger partial charge in [0.2, 0.25) is 5.88 Å². The van der Waals surface area contributed by atoms with Crippen LogP contribution >= 0.6 is 0 Å². The first kappa shape index (κ1) is 26.4. The number of hydrogen-bond acceptors (Lipinski definition) is 7. The summed E-state index contributed by atoms with van der Waals surface area (Å²) in [5, 5.41) is 3.74. The maximum atomic E-state index is 12.4. The van der Waals surface area contributed by atoms with Crippen molar-refractivity contribution in [1.29, 1.82) is 0 Å². The third-order valence-corrected chi connectivity index (χ3v) is 7.11. The second kappa shape index (κ2) is 12.1. The van der Waals surface area contributed by atoms with E-state index in [0.29, 0.717) is 36.3 Å². The van der Waals surface area contributed by atoms with E-state index in [9.17, 15) is 18.0 Å². The van der Waals surface area contributed by atoms with Crippen molar-refractivity contribution in [3.8, 4) is 11.8 Å². The van der Waals surface area contributed by atoms with Crippen LogP contribution in [0.4, 0.5) is 13.2 Å². The highest BCUT2D eigenvalue weighted by atomic mass is 19.4. The van der Waals surface area contributed by atoms with Crippen LogP contribution in [0.25, 0.3) is 0 Å². The van der Waals surface area contributed by atoms with Crippen molar-refractivity contribution in [2.45, 2.75) is 64.5 Å². The molecule has 0 atom stereocenters. The van der Waals surface area contributed by atoms with E-state index in [4.69, 9.17) is 14.0 Å². The maximum Gasteiger partial charge on any atom is 0.422 e. The van der Waals surface area contributed by atoms with Crippen LogP contribution < -0.4 is 9.47 Å². The molecule has 2 aromatic heterocycles. The fourth-order valence-electron chi connectivity index (χ4n) is 5.10. The smallest absolute Gasteiger partial charge is 0.422 e. The standard InChI is InChI=1S/C26H34F3N3O4/c1-18-14-25(31-36-18)34-16-22(33)15-20-4-2-19(3-5-20)8-11-32-12-9-21-6-7-24(30-23(21)10-13-32)35-17-26(27,28)29/h6-7,14,19-20H,2-5,8-13,15-17H2,1H3. The molecule has 1 saturated carbocycles. The first-order chi connectivity index (χ1) is 17.2. The summed E-state index contributed by atoms with van der Waals surface area (Å²) in [5.74, 6) is 2.23. The molecular weight excluding hydrogens is 475 g/mol. The van der Waals surface area contributed by atoms with Crippen LogP contribution in [-0.4, -0.2) is 59.8 Å². The molecule has 10 heteroatoms. The van der Waals surface area contributed by atoms with E-state index in [1.165, 1.54) is 6.07 Å². The molecule has 0 radical (unpaired) electrons. The third kappa shape index (κ3) is 8.21. The quantitative estimate of drug-likeness (QED) is 0.448. The number of fused-ring (bicyclic) bond motifs is 1. The van der Waals surface area contributed by atoms with E-state index in [0.717, 1.165) is 69.4 Å². The lowest BCUT2D eigenvalue weighted by Crippen LogP contribution is -2.30. The number of nitrogens with zero attached hydrogens (tertiary/aromatic N) is 3. The summed E-state index contributed by atoms with van der Waals surface area (Å²) in [7, 11) is 0. The van der Waals surface area contributed by atoms with Gasteiger partial charge in [-0.25, -0.2) is 4.98 Å². The van der Waals surface area contributed by atoms with Crippen LogP contribution in [0, 0.1) is 18.8 Å². The van der Waals surface area contributed by atoms with Crippen LogP contribution in [0.1, 0.15) is 55.5 Å². The van der Waals surface area contributed by atoms with Gasteiger partial charge in [-0.15, -0.1) is 0 Å². The van der Waals surface area contributed by atoms with Gasteiger partial charge in [0.25, 0.3) is 5.88 Å². The minimum absolute atomic E-state index is 0.0358. The lowest BCUT2D eigenvalue weighted by atomic mass is 9.78. The minimum Gasteiger partial charge on any atom is -0.468 e. The van der Waals surface area contributed by atoms with E-state index >= 15 is 0 Å². The van der Waals surface area contributed by atoms with Gasteiger partial charge in [0.1, 0.15) is 12.4 Å². The average molecular weight is 510 g/mol. The van der Waals surface area contributed by atoms with E-state index in [1.807, 2.05) is 6.07 Å². The van der Waals surface area contributed by atoms with Crippen molar-refractivity contribution in [3.05, 3.63) is 35.2 Å². The van der Waals surface area contributed by atoms with Gasteiger partial charge < -0.3 is 18.9 Å². The fourth-order valence-corrected chi connectivity index (χ4v) is 5.10. The van der Waals surface area contributed by atoms with Crippen LogP contribution in [0.15, 0.2) is 22.7 Å². The Balaban J connectivity index is 1.13. The monoisotopic (exact) mass is 509 g/mol. The van der Waals surface area contributed by atoms with Crippen LogP contribution in [-0.2, 0) is 17.6 Å². The van der Waals surface area contributed by atoms with E-state index < -0.39 is 12.8 Å². The summed E-state index contributed by atoms with van der Waals surface area (Å²) in [4.78, 5) is 19.0. The zero-order valence-corrected chi connectivity index (χ0v) is 20.7. The van der Waals surface area contributed by atoms with Crippen molar-refractivity contribution in [1.82, 2.24) is 15.0 Å². The van der Waals surface area contributed by atoms with Gasteiger partial charge >= 0.3 is 6.18 Å². The fraction of sp³-hybridized carbons (Fsp3) is 0.654. The highest BCUT2D eigenvalue weighted by Gasteiger charge is 2.29. The van der Waals surface area contributed by atoms with Crippen molar-refractivity contribution < 1.29 is 32.0 Å². The van der Waals surface area contributed by atoms with Gasteiger partial charge in [0.05, 0.1) is 0 Å². The van der Waals surface area contributed by atoms with Crippen LogP contribution in [0.5, 0.6) is 11.8 Å². The largest absolute Gasteiger partial charge is 0.468 e. The number of aryl methyl sites for hydroxylation is 1. The normalized spacial score (nSPS) is 21.0. The number of alkyl halides is 3. The Morgan fingerprint density at radius 1 is 1.08 bits per heavy atom. The molecule has 0 unspecified atom stereocenters. The molecule has 0 spiro atoms. The number of rotatable bonds is 10. The summed E-state index contributed by atoms with van der Waals surface area (Å²) in [6.45, 7) is 3.26. The van der Waals surface area contributed by atoms with Gasteiger partial charge in [0, 0.05) is 43.8 Å². The van der Waals surface area contributed by atoms with Gasteiger partial charge in [-0.3, -0.25) is 4.79 Å². The molecule has 0 amide bonds. The number of carbonyl (C=O) groups is 1. The molecule has 0 N–H and O–H groups in total. The molecule has 3 heterocycles. The molecule has 1 fully saturated rings. The summed E-state index contributed by atoms with van der Waals surface area (Å²) in [5.41, 5.74) is 1.93. The van der Waals surface area contributed by atoms with E-state index in [1.54, 1.807) is 13.0 Å². The number of ether oxygens (including phenoxy) is 2. The molecular formula is C26H34F3N3O4. The Bertz CT molecular complexity index is 1000. The molecule has 7 nitrogen and oxygen atoms in total. The van der Waals surface area contributed by atoms with Crippen LogP contribution in [0.2, 0.25) is 0 Å². The molecule has 2 aromatic rings. The number of aromatic nitrogens is 2. The zero-order chi connectivity index (χ0) is 25.5. The number of Topliss-reactive ketones (excluding diaryl/α,β-unsaturated/α-hetero) is 1. The molecule has 198 valence electrons. The highest BCUT2D eigenvalue weighted by molar-refractivity contribution is 5.80. The topological polar surface area (TPSA) is 77.7 Å². The highest BCUT2D eigenvalue weighted by Crippen LogP contribution is 2.33. The molecule has 4 rings (SSSR count). The second-order valence-corrected chi connectivity index (χ2v) is 9.98. The Hall–Kier alpha value is -2.62. The molecule has 1 aliphatic heterocycles. The van der Waals surface area contributed by atoms with Gasteiger partial charge in [0.15, 0.2) is 12.4 Å². The number of ketones is 1. The van der Waals surface area contributed by atoms with Crippen molar-refractivity contribution in [3.63, 3.8) is 0 Å². The van der Waals surface area contributed by atoms with Crippen molar-refractivity contribution >= 4 is 5.78 Å². The van der Waals surface area contributed by atoms with Crippen molar-refractivity contribution in [2.24, 2.45) is 11.8 Å². The number of carbonyl (C=O) groups excluding carboxylic acids is 1. The van der Waals surface area contributed by atoms with Crippen LogP contribution in [0.3, 0.4) is 0 Å². The van der Waals surface area contributed by atoms with Gasteiger partial charge in [-0.05, 0) is 61.7 Å². The van der Waals surface area contributed by atoms with Gasteiger partial charge in [-0.2, -0.15) is 13.2 Å². The molecule has 0 saturated heterocycles. The van der Waals surface area contributed by atoms with E-state index in [-0.39, 0.29) is 18.3 Å². The Morgan fingerprint density at radius 2 is 1.83 bits per heavy atom. The molecule has 36 heavy (non-hydrogen) atoms. The predicted molar refractivity (Wildman–Crippen MR) is 126 cm³/mol. The number of halogens is 3. The Labute approximate surface area is 209 Å². The number of pyridine rings is 1. The first-order valence-corrected chi connectivity index (χ1v) is 12.7. The Kier molecular flexibility index (Phi) is 8.87. The summed E-state index contributed by atoms with van der Waals surface area (Å²) < 4.78 is 52.4. The molecule has 1 aliphatic carbocycles. The molecule has 0 bridgehead atoms. The summed E-state index contributed by atoms with van der Waals surface area (Å²) in [6.07, 6.45) is 3.26. The lowest BCUT2D eigenvalue weighted by molar-refractivity contribution is -0.154. The minimum atomic E-state index is -4.37. The zero-order valence-electron chi connectivity index (χ0n) is 20.7. The maximum absolute atomic E-state index is 12.4. The molecule has 0 aromatic carbocycles. The van der Waals surface area contributed by atoms with Crippen molar-refractivity contribution in [2.75, 3.05) is 32.8 Å². The number of hydrogen-bond donors (Lipinski definition) is 0. The summed E-state index contributed by atoms with van der Waals surface area (Å²) in [6, 6.07) is 5.05. The summed E-state index contributed by atoms with van der Waals surface area (Å²) >= 11 is 0. The van der Waals surface area contributed by atoms with Gasteiger partial charge in [-0.1, -0.05) is 18.9 Å². The predicted octanol–water partition coefficient (Wildman–Crippen LogP) is 4.95. The second-order valence-electron chi connectivity index (χ2n) is 9.98. The SMILES string of the molecule is Cc1cc(OCC(=O)CC2CCC(CCN3CCc4ccc(OCC(F)(F)F)nc4CC3)CC2)no1. The average Bonchev–Trinajstić information content (AvgIpc) is 3.15. The lowest BCUT2D eigenvalue weighted by Gasteiger charge is -2.30. The van der Waals surface area contributed by atoms with E-state index in [2.05, 4.69) is 15.0 Å². The Morgan fingerprint density at radius 3 is 2.56 bits per heavy atom. The third-order valence-electron chi connectivity index (χ3n) is 7.11. The first-order valence-electron chi connectivity index (χ1n) is 12.7.